The van der Waals surface area contributed by atoms with Crippen LogP contribution in [0.15, 0.2) is 33.4 Å². The van der Waals surface area contributed by atoms with Gasteiger partial charge in [0.2, 0.25) is 0 Å². The number of hydrogen-bond acceptors (Lipinski definition) is 7. The second-order valence-corrected chi connectivity index (χ2v) is 8.60. The number of morpholine rings is 1. The van der Waals surface area contributed by atoms with Gasteiger partial charge in [0.25, 0.3) is 5.91 Å². The van der Waals surface area contributed by atoms with E-state index in [0.29, 0.717) is 52.4 Å². The first-order valence-corrected chi connectivity index (χ1v) is 11.1. The number of hydrogen-bond donors (Lipinski definition) is 0. The van der Waals surface area contributed by atoms with Crippen LogP contribution >= 0.6 is 38.9 Å². The number of aromatic nitrogens is 1. The number of rotatable bonds is 6. The zero-order chi connectivity index (χ0) is 20.4. The summed E-state index contributed by atoms with van der Waals surface area (Å²) in [7, 11) is 1.59. The van der Waals surface area contributed by atoms with Gasteiger partial charge in [0.1, 0.15) is 11.3 Å². The number of methoxy groups -OCH3 is 1. The molecule has 2 aromatic heterocycles. The molecule has 0 atom stereocenters. The van der Waals surface area contributed by atoms with Crippen molar-refractivity contribution in [3.8, 4) is 5.75 Å². The fraction of sp³-hybridized carbons (Fsp3) is 0.368. The van der Waals surface area contributed by atoms with Crippen LogP contribution in [0.25, 0.3) is 10.2 Å². The third kappa shape index (κ3) is 4.44. The van der Waals surface area contributed by atoms with Crippen LogP contribution in [0.5, 0.6) is 5.75 Å². The quantitative estimate of drug-likeness (QED) is 0.503. The number of benzene rings is 1. The second-order valence-electron chi connectivity index (χ2n) is 6.44. The minimum Gasteiger partial charge on any atom is -0.494 e. The van der Waals surface area contributed by atoms with E-state index in [2.05, 4.69) is 25.8 Å². The van der Waals surface area contributed by atoms with Crippen molar-refractivity contribution in [1.82, 2.24) is 9.88 Å². The summed E-state index contributed by atoms with van der Waals surface area (Å²) < 4.78 is 17.6. The maximum absolute atomic E-state index is 13.2. The lowest BCUT2D eigenvalue weighted by atomic mass is 10.3. The molecule has 1 aliphatic rings. The van der Waals surface area contributed by atoms with Crippen molar-refractivity contribution in [2.24, 2.45) is 0 Å². The summed E-state index contributed by atoms with van der Waals surface area (Å²) in [6.07, 6.45) is 0. The highest BCUT2D eigenvalue weighted by molar-refractivity contribution is 9.10. The molecular weight excluding hydrogens is 482 g/mol. The molecule has 0 unspecified atom stereocenters. The molecule has 1 amide bonds. The van der Waals surface area contributed by atoms with E-state index in [1.165, 1.54) is 11.3 Å². The van der Waals surface area contributed by atoms with Gasteiger partial charge in [0.05, 0.1) is 30.0 Å². The Bertz CT molecular complexity index is 1020. The van der Waals surface area contributed by atoms with E-state index in [-0.39, 0.29) is 11.7 Å². The zero-order valence-corrected chi connectivity index (χ0v) is 18.8. The van der Waals surface area contributed by atoms with Gasteiger partial charge in [-0.3, -0.25) is 14.6 Å². The number of halogens is 2. The average molecular weight is 501 g/mol. The standard InChI is InChI=1S/C19H19BrClN3O4S/c1-26-13-3-2-12(21)17-16(13)22-19(29-17)24(7-6-23-8-10-27-11-9-23)18(25)14-4-5-15(20)28-14/h2-5H,6-11H2,1H3. The van der Waals surface area contributed by atoms with Crippen molar-refractivity contribution < 1.29 is 18.7 Å². The summed E-state index contributed by atoms with van der Waals surface area (Å²) >= 11 is 11.0. The Kier molecular flexibility index (Phi) is 6.41. The largest absolute Gasteiger partial charge is 0.494 e. The normalized spacial score (nSPS) is 15.0. The molecule has 0 aliphatic carbocycles. The molecule has 0 N–H and O–H groups in total. The molecule has 1 aliphatic heterocycles. The predicted molar refractivity (Wildman–Crippen MR) is 117 cm³/mol. The van der Waals surface area contributed by atoms with E-state index in [0.717, 1.165) is 17.8 Å². The number of nitrogens with zero attached hydrogens (tertiary/aromatic N) is 3. The van der Waals surface area contributed by atoms with Gasteiger partial charge in [-0.25, -0.2) is 4.98 Å². The second kappa shape index (κ2) is 9.01. The monoisotopic (exact) mass is 499 g/mol. The van der Waals surface area contributed by atoms with Crippen molar-refractivity contribution in [3.63, 3.8) is 0 Å². The summed E-state index contributed by atoms with van der Waals surface area (Å²) in [5.74, 6) is 0.613. The third-order valence-corrected chi connectivity index (χ3v) is 6.64. The number of carbonyl (C=O) groups is 1. The first kappa shape index (κ1) is 20.6. The Morgan fingerprint density at radius 3 is 2.83 bits per heavy atom. The van der Waals surface area contributed by atoms with Crippen LogP contribution < -0.4 is 9.64 Å². The molecule has 0 radical (unpaired) electrons. The van der Waals surface area contributed by atoms with Crippen molar-refractivity contribution in [3.05, 3.63) is 39.7 Å². The molecular formula is C19H19BrClN3O4S. The van der Waals surface area contributed by atoms with Gasteiger partial charge in [-0.05, 0) is 40.2 Å². The topological polar surface area (TPSA) is 68.0 Å². The minimum absolute atomic E-state index is 0.246. The van der Waals surface area contributed by atoms with Gasteiger partial charge in [0.15, 0.2) is 15.6 Å². The van der Waals surface area contributed by atoms with Crippen LogP contribution in [0.4, 0.5) is 5.13 Å². The first-order chi connectivity index (χ1) is 14.1. The highest BCUT2D eigenvalue weighted by atomic mass is 79.9. The number of thiazole rings is 1. The van der Waals surface area contributed by atoms with Gasteiger partial charge in [-0.1, -0.05) is 22.9 Å². The fourth-order valence-corrected chi connectivity index (χ4v) is 4.72. The van der Waals surface area contributed by atoms with Crippen LogP contribution in [-0.2, 0) is 4.74 Å². The highest BCUT2D eigenvalue weighted by Crippen LogP contribution is 2.39. The molecule has 3 aromatic rings. The highest BCUT2D eigenvalue weighted by Gasteiger charge is 2.26. The lowest BCUT2D eigenvalue weighted by Crippen LogP contribution is -2.43. The van der Waals surface area contributed by atoms with Crippen LogP contribution in [0.3, 0.4) is 0 Å². The maximum Gasteiger partial charge on any atom is 0.295 e. The van der Waals surface area contributed by atoms with Gasteiger partial charge in [-0.2, -0.15) is 0 Å². The number of ether oxygens (including phenoxy) is 2. The number of carbonyl (C=O) groups excluding carboxylic acids is 1. The van der Waals surface area contributed by atoms with E-state index < -0.39 is 0 Å². The van der Waals surface area contributed by atoms with Crippen molar-refractivity contribution in [1.29, 1.82) is 0 Å². The molecule has 0 spiro atoms. The van der Waals surface area contributed by atoms with Crippen molar-refractivity contribution >= 4 is 60.1 Å². The summed E-state index contributed by atoms with van der Waals surface area (Å²) in [4.78, 5) is 21.8. The first-order valence-electron chi connectivity index (χ1n) is 9.07. The van der Waals surface area contributed by atoms with Gasteiger partial charge in [0, 0.05) is 26.2 Å². The zero-order valence-electron chi connectivity index (χ0n) is 15.7. The number of amides is 1. The lowest BCUT2D eigenvalue weighted by Gasteiger charge is -2.28. The summed E-state index contributed by atoms with van der Waals surface area (Å²) in [6.45, 7) is 4.26. The molecule has 0 bridgehead atoms. The smallest absolute Gasteiger partial charge is 0.295 e. The number of furan rings is 1. The Morgan fingerprint density at radius 1 is 1.34 bits per heavy atom. The summed E-state index contributed by atoms with van der Waals surface area (Å²) in [6, 6.07) is 6.90. The molecule has 1 saturated heterocycles. The van der Waals surface area contributed by atoms with Crippen LogP contribution in [-0.4, -0.2) is 62.3 Å². The molecule has 10 heteroatoms. The van der Waals surface area contributed by atoms with Crippen molar-refractivity contribution in [2.75, 3.05) is 51.4 Å². The van der Waals surface area contributed by atoms with Gasteiger partial charge >= 0.3 is 0 Å². The molecule has 7 nitrogen and oxygen atoms in total. The Labute approximate surface area is 185 Å². The van der Waals surface area contributed by atoms with Crippen molar-refractivity contribution in [2.45, 2.75) is 0 Å². The average Bonchev–Trinajstić information content (AvgIpc) is 3.36. The third-order valence-electron chi connectivity index (χ3n) is 4.67. The number of fused-ring (bicyclic) bond motifs is 1. The Balaban J connectivity index is 1.68. The SMILES string of the molecule is COc1ccc(Cl)c2sc(N(CCN3CCOCC3)C(=O)c3ccc(Br)o3)nc12. The van der Waals surface area contributed by atoms with Gasteiger partial charge < -0.3 is 13.9 Å². The molecule has 1 aromatic carbocycles. The fourth-order valence-electron chi connectivity index (χ4n) is 3.13. The molecule has 3 heterocycles. The molecule has 4 rings (SSSR count). The predicted octanol–water partition coefficient (Wildman–Crippen LogP) is 4.29. The van der Waals surface area contributed by atoms with E-state index in [9.17, 15) is 4.79 Å². The van der Waals surface area contributed by atoms with Gasteiger partial charge in [-0.15, -0.1) is 0 Å². The van der Waals surface area contributed by atoms with E-state index in [4.69, 9.17) is 25.5 Å². The Hall–Kier alpha value is -1.65. The minimum atomic E-state index is -0.252. The van der Waals surface area contributed by atoms with E-state index in [1.807, 2.05) is 0 Å². The lowest BCUT2D eigenvalue weighted by molar-refractivity contribution is 0.0390. The van der Waals surface area contributed by atoms with E-state index in [1.54, 1.807) is 36.3 Å². The molecule has 1 fully saturated rings. The molecule has 0 saturated carbocycles. The van der Waals surface area contributed by atoms with Crippen LogP contribution in [0.2, 0.25) is 5.02 Å². The summed E-state index contributed by atoms with van der Waals surface area (Å²) in [5.41, 5.74) is 0.643. The Morgan fingerprint density at radius 2 is 2.14 bits per heavy atom. The van der Waals surface area contributed by atoms with Crippen LogP contribution in [0, 0.1) is 0 Å². The maximum atomic E-state index is 13.2. The number of anilines is 1. The molecule has 29 heavy (non-hydrogen) atoms. The van der Waals surface area contributed by atoms with Crippen LogP contribution in [0.1, 0.15) is 10.6 Å². The summed E-state index contributed by atoms with van der Waals surface area (Å²) in [5, 5.41) is 1.13. The molecule has 154 valence electrons. The van der Waals surface area contributed by atoms with E-state index >= 15 is 0 Å².